The van der Waals surface area contributed by atoms with E-state index in [-0.39, 0.29) is 0 Å². The van der Waals surface area contributed by atoms with Crippen LogP contribution in [0.2, 0.25) is 0 Å². The number of hydrogen-bond donors (Lipinski definition) is 3. The van der Waals surface area contributed by atoms with Gasteiger partial charge in [-0.05, 0) is 33.0 Å². The smallest absolute Gasteiger partial charge is 0.131 e. The van der Waals surface area contributed by atoms with Crippen LogP contribution in [0.3, 0.4) is 0 Å². The van der Waals surface area contributed by atoms with Crippen LogP contribution in [0.4, 0.5) is 11.6 Å². The predicted octanol–water partition coefficient (Wildman–Crippen LogP) is 0.366. The van der Waals surface area contributed by atoms with E-state index in [0.29, 0.717) is 12.1 Å². The molecule has 2 saturated heterocycles. The highest BCUT2D eigenvalue weighted by Crippen LogP contribution is 2.16. The predicted molar refractivity (Wildman–Crippen MR) is 76.5 cm³/mol. The summed E-state index contributed by atoms with van der Waals surface area (Å²) in [5.74, 6) is 1.83. The summed E-state index contributed by atoms with van der Waals surface area (Å²) in [7, 11) is 2.15. The van der Waals surface area contributed by atoms with Crippen LogP contribution in [0.25, 0.3) is 0 Å². The van der Waals surface area contributed by atoms with Crippen molar-refractivity contribution in [2.24, 2.45) is 0 Å². The van der Waals surface area contributed by atoms with E-state index in [1.54, 1.807) is 6.33 Å². The lowest BCUT2D eigenvalue weighted by Crippen LogP contribution is -2.25. The van der Waals surface area contributed by atoms with Crippen LogP contribution in [0.5, 0.6) is 0 Å². The minimum Gasteiger partial charge on any atom is -0.366 e. The molecule has 2 aliphatic heterocycles. The lowest BCUT2D eigenvalue weighted by atomic mass is 10.2. The molecule has 2 aliphatic rings. The van der Waals surface area contributed by atoms with Crippen molar-refractivity contribution in [1.82, 2.24) is 20.2 Å². The molecular weight excluding hydrogens is 240 g/mol. The molecule has 0 radical (unpaired) electrons. The van der Waals surface area contributed by atoms with Gasteiger partial charge in [0, 0.05) is 31.2 Å². The van der Waals surface area contributed by atoms with Crippen molar-refractivity contribution in [1.29, 1.82) is 0 Å². The molecule has 0 spiro atoms. The van der Waals surface area contributed by atoms with Gasteiger partial charge in [-0.15, -0.1) is 0 Å². The van der Waals surface area contributed by atoms with Crippen molar-refractivity contribution in [3.05, 3.63) is 12.4 Å². The first-order valence-corrected chi connectivity index (χ1v) is 7.04. The van der Waals surface area contributed by atoms with Crippen molar-refractivity contribution >= 4 is 11.6 Å². The van der Waals surface area contributed by atoms with Gasteiger partial charge in [0.2, 0.25) is 0 Å². The molecule has 3 heterocycles. The van der Waals surface area contributed by atoms with Gasteiger partial charge in [-0.3, -0.25) is 0 Å². The van der Waals surface area contributed by atoms with Crippen LogP contribution < -0.4 is 16.0 Å². The first-order chi connectivity index (χ1) is 9.29. The first-order valence-electron chi connectivity index (χ1n) is 7.04. The van der Waals surface area contributed by atoms with Crippen LogP contribution in [0.15, 0.2) is 12.4 Å². The first kappa shape index (κ1) is 12.6. The average Bonchev–Trinajstić information content (AvgIpc) is 3.02. The molecule has 19 heavy (non-hydrogen) atoms. The molecule has 6 nitrogen and oxygen atoms in total. The second-order valence-electron chi connectivity index (χ2n) is 5.51. The minimum absolute atomic E-state index is 0.486. The van der Waals surface area contributed by atoms with Crippen molar-refractivity contribution < 1.29 is 0 Å². The molecule has 1 aromatic heterocycles. The highest BCUT2D eigenvalue weighted by atomic mass is 15.2. The Labute approximate surface area is 114 Å². The Hall–Kier alpha value is -1.40. The Bertz CT molecular complexity index is 417. The van der Waals surface area contributed by atoms with Gasteiger partial charge in [0.1, 0.15) is 18.0 Å². The average molecular weight is 262 g/mol. The SMILES string of the molecule is CN1CCC(Nc2cc(NC3CCNC3)ncn2)C1. The Balaban J connectivity index is 1.59. The largest absolute Gasteiger partial charge is 0.366 e. The van der Waals surface area contributed by atoms with Gasteiger partial charge >= 0.3 is 0 Å². The lowest BCUT2D eigenvalue weighted by Gasteiger charge is -2.15. The van der Waals surface area contributed by atoms with Gasteiger partial charge in [0.15, 0.2) is 0 Å². The number of aromatic nitrogens is 2. The number of nitrogens with one attached hydrogen (secondary N) is 3. The zero-order chi connectivity index (χ0) is 13.1. The van der Waals surface area contributed by atoms with Crippen LogP contribution in [-0.2, 0) is 0 Å². The lowest BCUT2D eigenvalue weighted by molar-refractivity contribution is 0.414. The van der Waals surface area contributed by atoms with Gasteiger partial charge in [0.05, 0.1) is 0 Å². The van der Waals surface area contributed by atoms with Gasteiger partial charge in [-0.25, -0.2) is 9.97 Å². The molecule has 0 aliphatic carbocycles. The second-order valence-corrected chi connectivity index (χ2v) is 5.51. The molecule has 1 aromatic rings. The maximum absolute atomic E-state index is 4.31. The number of rotatable bonds is 4. The molecule has 2 unspecified atom stereocenters. The molecule has 3 rings (SSSR count). The molecule has 0 saturated carbocycles. The highest BCUT2D eigenvalue weighted by molar-refractivity contribution is 5.47. The van der Waals surface area contributed by atoms with E-state index < -0.39 is 0 Å². The topological polar surface area (TPSA) is 65.1 Å². The monoisotopic (exact) mass is 262 g/mol. The fourth-order valence-electron chi connectivity index (χ4n) is 2.76. The molecule has 2 fully saturated rings. The third-order valence-corrected chi connectivity index (χ3v) is 3.82. The van der Waals surface area contributed by atoms with Gasteiger partial charge in [-0.2, -0.15) is 0 Å². The van der Waals surface area contributed by atoms with E-state index in [2.05, 4.69) is 37.9 Å². The van der Waals surface area contributed by atoms with Crippen LogP contribution in [-0.4, -0.2) is 60.2 Å². The normalized spacial score (nSPS) is 27.6. The van der Waals surface area contributed by atoms with E-state index >= 15 is 0 Å². The maximum Gasteiger partial charge on any atom is 0.131 e. The number of nitrogens with zero attached hydrogens (tertiary/aromatic N) is 3. The Morgan fingerprint density at radius 1 is 1.21 bits per heavy atom. The second kappa shape index (κ2) is 5.71. The molecule has 104 valence electrons. The van der Waals surface area contributed by atoms with E-state index in [0.717, 1.165) is 44.2 Å². The summed E-state index contributed by atoms with van der Waals surface area (Å²) in [6, 6.07) is 3.00. The highest BCUT2D eigenvalue weighted by Gasteiger charge is 2.20. The van der Waals surface area contributed by atoms with Crippen molar-refractivity contribution in [3.8, 4) is 0 Å². The summed E-state index contributed by atoms with van der Waals surface area (Å²) < 4.78 is 0. The maximum atomic E-state index is 4.31. The van der Waals surface area contributed by atoms with E-state index in [9.17, 15) is 0 Å². The Morgan fingerprint density at radius 2 is 2.00 bits per heavy atom. The number of anilines is 2. The van der Waals surface area contributed by atoms with Crippen LogP contribution in [0, 0.1) is 0 Å². The van der Waals surface area contributed by atoms with Crippen LogP contribution in [0.1, 0.15) is 12.8 Å². The zero-order valence-electron chi connectivity index (χ0n) is 11.4. The van der Waals surface area contributed by atoms with Gasteiger partial charge in [0.25, 0.3) is 0 Å². The summed E-state index contributed by atoms with van der Waals surface area (Å²) in [6.07, 6.45) is 3.96. The molecule has 2 atom stereocenters. The van der Waals surface area contributed by atoms with E-state index in [1.165, 1.54) is 6.42 Å². The van der Waals surface area contributed by atoms with Gasteiger partial charge in [-0.1, -0.05) is 0 Å². The Morgan fingerprint density at radius 3 is 2.63 bits per heavy atom. The van der Waals surface area contributed by atoms with Crippen molar-refractivity contribution in [3.63, 3.8) is 0 Å². The quantitative estimate of drug-likeness (QED) is 0.728. The third-order valence-electron chi connectivity index (χ3n) is 3.82. The summed E-state index contributed by atoms with van der Waals surface area (Å²) in [5, 5.41) is 10.3. The summed E-state index contributed by atoms with van der Waals surface area (Å²) in [6.45, 7) is 4.34. The summed E-state index contributed by atoms with van der Waals surface area (Å²) in [5.41, 5.74) is 0. The molecule has 0 amide bonds. The molecular formula is C13H22N6. The molecule has 0 bridgehead atoms. The molecule has 6 heteroatoms. The van der Waals surface area contributed by atoms with Gasteiger partial charge < -0.3 is 20.9 Å². The standard InChI is InChI=1S/C13H22N6/c1-19-5-3-11(8-19)18-13-6-12(15-9-16-13)17-10-2-4-14-7-10/h6,9-11,14H,2-5,7-8H2,1H3,(H2,15,16,17,18). The fraction of sp³-hybridized carbons (Fsp3) is 0.692. The van der Waals surface area contributed by atoms with Crippen molar-refractivity contribution in [2.75, 3.05) is 43.9 Å². The minimum atomic E-state index is 0.486. The fourth-order valence-corrected chi connectivity index (χ4v) is 2.76. The van der Waals surface area contributed by atoms with Crippen LogP contribution >= 0.6 is 0 Å². The van der Waals surface area contributed by atoms with E-state index in [4.69, 9.17) is 0 Å². The number of hydrogen-bond acceptors (Lipinski definition) is 6. The zero-order valence-corrected chi connectivity index (χ0v) is 11.4. The van der Waals surface area contributed by atoms with E-state index in [1.807, 2.05) is 6.07 Å². The molecule has 0 aromatic carbocycles. The number of likely N-dealkylation sites (N-methyl/N-ethyl adjacent to an activating group) is 1. The third kappa shape index (κ3) is 3.33. The summed E-state index contributed by atoms with van der Waals surface area (Å²) in [4.78, 5) is 10.9. The Kier molecular flexibility index (Phi) is 3.79. The molecule has 3 N–H and O–H groups in total. The number of likely N-dealkylation sites (tertiary alicyclic amines) is 1. The summed E-state index contributed by atoms with van der Waals surface area (Å²) >= 11 is 0. The van der Waals surface area contributed by atoms with Crippen molar-refractivity contribution in [2.45, 2.75) is 24.9 Å².